The van der Waals surface area contributed by atoms with Gasteiger partial charge in [-0.05, 0) is 25.8 Å². The van der Waals surface area contributed by atoms with E-state index in [1.807, 2.05) is 6.07 Å². The smallest absolute Gasteiger partial charge is 0.203 e. The van der Waals surface area contributed by atoms with Crippen LogP contribution in [0, 0.1) is 0 Å². The zero-order valence-electron chi connectivity index (χ0n) is 10.9. The summed E-state index contributed by atoms with van der Waals surface area (Å²) in [5.41, 5.74) is 7.35. The molecule has 18 heavy (non-hydrogen) atoms. The molecule has 1 heterocycles. The monoisotopic (exact) mass is 249 g/mol. The molecule has 1 fully saturated rings. The van der Waals surface area contributed by atoms with Gasteiger partial charge < -0.3 is 19.9 Å². The minimum absolute atomic E-state index is 0.0567. The van der Waals surface area contributed by atoms with Crippen molar-refractivity contribution in [1.29, 1.82) is 0 Å². The van der Waals surface area contributed by atoms with Crippen molar-refractivity contribution in [3.8, 4) is 17.2 Å². The summed E-state index contributed by atoms with van der Waals surface area (Å²) >= 11 is 0. The molecule has 2 aliphatic rings. The van der Waals surface area contributed by atoms with Crippen LogP contribution in [0.1, 0.15) is 25.3 Å². The van der Waals surface area contributed by atoms with E-state index in [2.05, 4.69) is 13.0 Å². The predicted molar refractivity (Wildman–Crippen MR) is 68.5 cm³/mol. The van der Waals surface area contributed by atoms with E-state index in [4.69, 9.17) is 19.9 Å². The lowest BCUT2D eigenvalue weighted by Gasteiger charge is -2.27. The van der Waals surface area contributed by atoms with Gasteiger partial charge >= 0.3 is 0 Å². The lowest BCUT2D eigenvalue weighted by atomic mass is 9.88. The highest BCUT2D eigenvalue weighted by atomic mass is 16.6. The highest BCUT2D eigenvalue weighted by Crippen LogP contribution is 2.56. The minimum atomic E-state index is 0.0567. The molecule has 1 saturated carbocycles. The summed E-state index contributed by atoms with van der Waals surface area (Å²) in [7, 11) is 1.67. The normalized spacial score (nSPS) is 21.3. The second kappa shape index (κ2) is 4.05. The Hall–Kier alpha value is -1.42. The Labute approximate surface area is 107 Å². The molecular formula is C14H19NO3. The van der Waals surface area contributed by atoms with Crippen molar-refractivity contribution in [3.05, 3.63) is 17.7 Å². The summed E-state index contributed by atoms with van der Waals surface area (Å²) in [5, 5.41) is 0. The van der Waals surface area contributed by atoms with Crippen LogP contribution in [0.3, 0.4) is 0 Å². The Morgan fingerprint density at radius 1 is 1.28 bits per heavy atom. The van der Waals surface area contributed by atoms with Crippen LogP contribution in [-0.2, 0) is 5.41 Å². The van der Waals surface area contributed by atoms with E-state index in [0.29, 0.717) is 13.2 Å². The van der Waals surface area contributed by atoms with Crippen molar-refractivity contribution in [1.82, 2.24) is 0 Å². The number of nitrogens with two attached hydrogens (primary N) is 1. The summed E-state index contributed by atoms with van der Waals surface area (Å²) in [6.45, 7) is 3.22. The summed E-state index contributed by atoms with van der Waals surface area (Å²) < 4.78 is 16.8. The van der Waals surface area contributed by atoms with Gasteiger partial charge in [0.2, 0.25) is 5.75 Å². The van der Waals surface area contributed by atoms with Crippen LogP contribution in [0.15, 0.2) is 12.1 Å². The maximum atomic E-state index is 6.14. The van der Waals surface area contributed by atoms with Crippen LogP contribution in [-0.4, -0.2) is 26.4 Å². The summed E-state index contributed by atoms with van der Waals surface area (Å²) in [4.78, 5) is 0. The molecule has 1 aliphatic heterocycles. The first-order valence-corrected chi connectivity index (χ1v) is 6.42. The molecule has 4 nitrogen and oxygen atoms in total. The molecule has 0 amide bonds. The molecular weight excluding hydrogens is 230 g/mol. The fourth-order valence-corrected chi connectivity index (χ4v) is 2.79. The Morgan fingerprint density at radius 2 is 2.00 bits per heavy atom. The Kier molecular flexibility index (Phi) is 2.63. The molecule has 1 atom stereocenters. The van der Waals surface area contributed by atoms with Gasteiger partial charge in [-0.3, -0.25) is 0 Å². The van der Waals surface area contributed by atoms with Crippen LogP contribution in [0.25, 0.3) is 0 Å². The molecule has 0 radical (unpaired) electrons. The number of hydrogen-bond acceptors (Lipinski definition) is 4. The third-order valence-electron chi connectivity index (χ3n) is 4.06. The van der Waals surface area contributed by atoms with E-state index in [0.717, 1.165) is 35.7 Å². The van der Waals surface area contributed by atoms with E-state index in [9.17, 15) is 0 Å². The molecule has 2 N–H and O–H groups in total. The first kappa shape index (κ1) is 11.7. The highest BCUT2D eigenvalue weighted by Gasteiger charge is 2.50. The molecule has 0 spiro atoms. The standard InChI is InChI=1S/C14H19NO3/c1-9(15)14(5-6-14)10-3-4-11-13(12(10)16-2)18-8-7-17-11/h3-4,9H,5-8,15H2,1-2H3. The topological polar surface area (TPSA) is 53.7 Å². The average molecular weight is 249 g/mol. The first-order chi connectivity index (χ1) is 8.69. The number of rotatable bonds is 3. The van der Waals surface area contributed by atoms with Crippen LogP contribution in [0.2, 0.25) is 0 Å². The average Bonchev–Trinajstić information content (AvgIpc) is 3.18. The van der Waals surface area contributed by atoms with Gasteiger partial charge in [0.05, 0.1) is 7.11 Å². The maximum Gasteiger partial charge on any atom is 0.203 e. The van der Waals surface area contributed by atoms with E-state index in [1.165, 1.54) is 0 Å². The van der Waals surface area contributed by atoms with Crippen molar-refractivity contribution in [2.45, 2.75) is 31.2 Å². The molecule has 0 saturated heterocycles. The number of fused-ring (bicyclic) bond motifs is 1. The second-order valence-corrected chi connectivity index (χ2v) is 5.12. The lowest BCUT2D eigenvalue weighted by molar-refractivity contribution is 0.164. The maximum absolute atomic E-state index is 6.14. The van der Waals surface area contributed by atoms with Crippen LogP contribution < -0.4 is 19.9 Å². The SMILES string of the molecule is COc1c(C2(C(C)N)CC2)ccc2c1OCCO2. The molecule has 0 bridgehead atoms. The van der Waals surface area contributed by atoms with Crippen LogP contribution in [0.5, 0.6) is 17.2 Å². The van der Waals surface area contributed by atoms with Crippen LogP contribution in [0.4, 0.5) is 0 Å². The van der Waals surface area contributed by atoms with E-state index >= 15 is 0 Å². The van der Waals surface area contributed by atoms with Crippen molar-refractivity contribution in [2.24, 2.45) is 5.73 Å². The molecule has 1 aromatic rings. The molecule has 3 rings (SSSR count). The van der Waals surface area contributed by atoms with Gasteiger partial charge in [0.25, 0.3) is 0 Å². The third-order valence-corrected chi connectivity index (χ3v) is 4.06. The van der Waals surface area contributed by atoms with Gasteiger partial charge in [-0.2, -0.15) is 0 Å². The van der Waals surface area contributed by atoms with Gasteiger partial charge in [0.15, 0.2) is 11.5 Å². The van der Waals surface area contributed by atoms with E-state index in [-0.39, 0.29) is 11.5 Å². The number of hydrogen-bond donors (Lipinski definition) is 1. The summed E-state index contributed by atoms with van der Waals surface area (Å²) in [6, 6.07) is 4.16. The fourth-order valence-electron chi connectivity index (χ4n) is 2.79. The third kappa shape index (κ3) is 1.56. The van der Waals surface area contributed by atoms with E-state index < -0.39 is 0 Å². The van der Waals surface area contributed by atoms with Gasteiger partial charge in [-0.25, -0.2) is 0 Å². The zero-order valence-corrected chi connectivity index (χ0v) is 10.9. The molecule has 0 aromatic heterocycles. The fraction of sp³-hybridized carbons (Fsp3) is 0.571. The van der Waals surface area contributed by atoms with E-state index in [1.54, 1.807) is 7.11 Å². The second-order valence-electron chi connectivity index (χ2n) is 5.12. The van der Waals surface area contributed by atoms with Crippen molar-refractivity contribution in [3.63, 3.8) is 0 Å². The Morgan fingerprint density at radius 3 is 2.61 bits per heavy atom. The number of benzene rings is 1. The first-order valence-electron chi connectivity index (χ1n) is 6.42. The Bertz CT molecular complexity index is 466. The van der Waals surface area contributed by atoms with Crippen LogP contribution >= 0.6 is 0 Å². The zero-order chi connectivity index (χ0) is 12.8. The Balaban J connectivity index is 2.11. The number of methoxy groups -OCH3 is 1. The van der Waals surface area contributed by atoms with Gasteiger partial charge in [0.1, 0.15) is 13.2 Å². The molecule has 98 valence electrons. The lowest BCUT2D eigenvalue weighted by Crippen LogP contribution is -2.32. The molecule has 4 heteroatoms. The number of ether oxygens (including phenoxy) is 3. The summed E-state index contributed by atoms with van der Waals surface area (Å²) in [5.74, 6) is 2.29. The van der Waals surface area contributed by atoms with Crippen molar-refractivity contribution < 1.29 is 14.2 Å². The van der Waals surface area contributed by atoms with Crippen molar-refractivity contribution >= 4 is 0 Å². The molecule has 1 aromatic carbocycles. The predicted octanol–water partition coefficient (Wildman–Crippen LogP) is 1.85. The highest BCUT2D eigenvalue weighted by molar-refractivity contribution is 5.60. The summed E-state index contributed by atoms with van der Waals surface area (Å²) in [6.07, 6.45) is 2.22. The van der Waals surface area contributed by atoms with Gasteiger partial charge in [-0.15, -0.1) is 0 Å². The quantitative estimate of drug-likeness (QED) is 0.888. The van der Waals surface area contributed by atoms with Gasteiger partial charge in [0, 0.05) is 17.0 Å². The van der Waals surface area contributed by atoms with Gasteiger partial charge in [-0.1, -0.05) is 6.07 Å². The van der Waals surface area contributed by atoms with Crippen molar-refractivity contribution in [2.75, 3.05) is 20.3 Å². The largest absolute Gasteiger partial charge is 0.492 e. The molecule has 1 unspecified atom stereocenters. The molecule has 1 aliphatic carbocycles. The minimum Gasteiger partial charge on any atom is -0.492 e.